The molecule has 1 atom stereocenters. The van der Waals surface area contributed by atoms with Gasteiger partial charge in [0.25, 0.3) is 0 Å². The Labute approximate surface area is 90.8 Å². The van der Waals surface area contributed by atoms with Crippen LogP contribution < -0.4 is 17.0 Å². The molecule has 4 nitrogen and oxygen atoms in total. The highest BCUT2D eigenvalue weighted by Crippen LogP contribution is 2.23. The average Bonchev–Trinajstić information content (AvgIpc) is 2.18. The molecule has 1 rings (SSSR count). The molecule has 90 valence electrons. The summed E-state index contributed by atoms with van der Waals surface area (Å²) in [6.45, 7) is 0. The van der Waals surface area contributed by atoms with Crippen molar-refractivity contribution in [3.63, 3.8) is 0 Å². The van der Waals surface area contributed by atoms with Crippen LogP contribution in [0.15, 0.2) is 18.3 Å². The van der Waals surface area contributed by atoms with Crippen LogP contribution in [0.2, 0.25) is 0 Å². The molecular formula is C9H13F3N4. The van der Waals surface area contributed by atoms with Gasteiger partial charge in [0.05, 0.1) is 6.42 Å². The smallest absolute Gasteiger partial charge is 0.383 e. The lowest BCUT2D eigenvalue weighted by Gasteiger charge is -2.18. The van der Waals surface area contributed by atoms with Crippen LogP contribution in [0.1, 0.15) is 12.0 Å². The molecule has 0 amide bonds. The van der Waals surface area contributed by atoms with E-state index in [4.69, 9.17) is 11.6 Å². The standard InChI is InChI=1S/C9H13F3N4/c10-9(11,12)5-7(16-14)4-6-2-1-3-15-8(6)13/h1-3,7,16H,4-5,14H2,(H2,13,15). The van der Waals surface area contributed by atoms with Crippen LogP contribution in [0.25, 0.3) is 0 Å². The number of nitrogens with zero attached hydrogens (tertiary/aromatic N) is 1. The number of aromatic nitrogens is 1. The fraction of sp³-hybridized carbons (Fsp3) is 0.444. The summed E-state index contributed by atoms with van der Waals surface area (Å²) in [7, 11) is 0. The molecule has 1 unspecified atom stereocenters. The maximum atomic E-state index is 12.2. The number of hydrazine groups is 1. The predicted octanol–water partition coefficient (Wildman–Crippen LogP) is 0.991. The van der Waals surface area contributed by atoms with Crippen molar-refractivity contribution >= 4 is 5.82 Å². The summed E-state index contributed by atoms with van der Waals surface area (Å²) in [4.78, 5) is 3.79. The van der Waals surface area contributed by atoms with Crippen LogP contribution in [0.3, 0.4) is 0 Å². The monoisotopic (exact) mass is 234 g/mol. The van der Waals surface area contributed by atoms with E-state index in [1.807, 2.05) is 0 Å². The lowest BCUT2D eigenvalue weighted by Crippen LogP contribution is -2.40. The van der Waals surface area contributed by atoms with E-state index >= 15 is 0 Å². The largest absolute Gasteiger partial charge is 0.390 e. The van der Waals surface area contributed by atoms with E-state index in [0.29, 0.717) is 5.56 Å². The van der Waals surface area contributed by atoms with Gasteiger partial charge in [-0.15, -0.1) is 0 Å². The van der Waals surface area contributed by atoms with Crippen molar-refractivity contribution in [1.29, 1.82) is 0 Å². The number of halogens is 3. The highest BCUT2D eigenvalue weighted by Gasteiger charge is 2.31. The molecule has 7 heteroatoms. The Morgan fingerprint density at radius 3 is 2.62 bits per heavy atom. The van der Waals surface area contributed by atoms with Crippen molar-refractivity contribution in [3.8, 4) is 0 Å². The third kappa shape index (κ3) is 4.03. The van der Waals surface area contributed by atoms with Gasteiger partial charge in [-0.05, 0) is 18.1 Å². The molecule has 5 N–H and O–H groups in total. The first-order valence-electron chi connectivity index (χ1n) is 4.64. The lowest BCUT2D eigenvalue weighted by atomic mass is 10.0. The minimum Gasteiger partial charge on any atom is -0.383 e. The van der Waals surface area contributed by atoms with Crippen LogP contribution >= 0.6 is 0 Å². The van der Waals surface area contributed by atoms with Gasteiger partial charge in [0.15, 0.2) is 0 Å². The summed E-state index contributed by atoms with van der Waals surface area (Å²) < 4.78 is 36.5. The normalized spacial score (nSPS) is 13.8. The molecule has 0 fully saturated rings. The van der Waals surface area contributed by atoms with Gasteiger partial charge in [-0.3, -0.25) is 11.3 Å². The maximum absolute atomic E-state index is 12.2. The number of nitrogen functional groups attached to an aromatic ring is 1. The summed E-state index contributed by atoms with van der Waals surface area (Å²) >= 11 is 0. The van der Waals surface area contributed by atoms with Crippen molar-refractivity contribution in [2.75, 3.05) is 5.73 Å². The predicted molar refractivity (Wildman–Crippen MR) is 54.1 cm³/mol. The third-order valence-electron chi connectivity index (χ3n) is 2.11. The molecule has 0 radical (unpaired) electrons. The van der Waals surface area contributed by atoms with E-state index in [1.54, 1.807) is 12.1 Å². The molecule has 0 aromatic carbocycles. The van der Waals surface area contributed by atoms with Crippen LogP contribution in [0, 0.1) is 0 Å². The third-order valence-corrected chi connectivity index (χ3v) is 2.11. The summed E-state index contributed by atoms with van der Waals surface area (Å²) in [6, 6.07) is 2.35. The van der Waals surface area contributed by atoms with Gasteiger partial charge in [-0.2, -0.15) is 13.2 Å². The first-order chi connectivity index (χ1) is 7.42. The second-order valence-corrected chi connectivity index (χ2v) is 3.43. The summed E-state index contributed by atoms with van der Waals surface area (Å²) in [6.07, 6.45) is -3.69. The van der Waals surface area contributed by atoms with E-state index in [2.05, 4.69) is 10.4 Å². The SMILES string of the molecule is NNC(Cc1cccnc1N)CC(F)(F)F. The maximum Gasteiger partial charge on any atom is 0.390 e. The van der Waals surface area contributed by atoms with Gasteiger partial charge in [0, 0.05) is 12.2 Å². The molecule has 0 saturated carbocycles. The van der Waals surface area contributed by atoms with Crippen LogP contribution in [0.5, 0.6) is 0 Å². The van der Waals surface area contributed by atoms with Crippen molar-refractivity contribution in [1.82, 2.24) is 10.4 Å². The molecule has 1 aromatic heterocycles. The fourth-order valence-electron chi connectivity index (χ4n) is 1.36. The zero-order chi connectivity index (χ0) is 12.2. The van der Waals surface area contributed by atoms with Crippen molar-refractivity contribution < 1.29 is 13.2 Å². The number of hydrogen-bond acceptors (Lipinski definition) is 4. The Bertz CT molecular complexity index is 340. The summed E-state index contributed by atoms with van der Waals surface area (Å²) in [5.41, 5.74) is 8.21. The summed E-state index contributed by atoms with van der Waals surface area (Å²) in [5, 5.41) is 0. The van der Waals surface area contributed by atoms with Crippen molar-refractivity contribution in [2.45, 2.75) is 25.1 Å². The summed E-state index contributed by atoms with van der Waals surface area (Å²) in [5.74, 6) is 5.29. The highest BCUT2D eigenvalue weighted by molar-refractivity contribution is 5.38. The Morgan fingerprint density at radius 2 is 2.12 bits per heavy atom. The number of nitrogens with one attached hydrogen (secondary N) is 1. The molecule has 1 heterocycles. The second-order valence-electron chi connectivity index (χ2n) is 3.43. The highest BCUT2D eigenvalue weighted by atomic mass is 19.4. The van der Waals surface area contributed by atoms with Gasteiger partial charge in [0.1, 0.15) is 5.82 Å². The van der Waals surface area contributed by atoms with E-state index in [-0.39, 0.29) is 12.2 Å². The van der Waals surface area contributed by atoms with Gasteiger partial charge in [-0.1, -0.05) is 6.07 Å². The Morgan fingerprint density at radius 1 is 1.44 bits per heavy atom. The molecule has 0 saturated heterocycles. The topological polar surface area (TPSA) is 77.0 Å². The van der Waals surface area contributed by atoms with Crippen LogP contribution in [-0.4, -0.2) is 17.2 Å². The molecule has 1 aromatic rings. The number of hydrogen-bond donors (Lipinski definition) is 3. The molecule has 16 heavy (non-hydrogen) atoms. The van der Waals surface area contributed by atoms with Gasteiger partial charge in [0.2, 0.25) is 0 Å². The zero-order valence-electron chi connectivity index (χ0n) is 8.46. The minimum absolute atomic E-state index is 0.0929. The minimum atomic E-state index is -4.26. The molecule has 0 aliphatic rings. The first-order valence-corrected chi connectivity index (χ1v) is 4.64. The van der Waals surface area contributed by atoms with E-state index < -0.39 is 18.6 Å². The number of rotatable bonds is 4. The number of nitrogens with two attached hydrogens (primary N) is 2. The lowest BCUT2D eigenvalue weighted by molar-refractivity contribution is -0.140. The molecular weight excluding hydrogens is 221 g/mol. The van der Waals surface area contributed by atoms with Crippen LogP contribution in [-0.2, 0) is 6.42 Å². The van der Waals surface area contributed by atoms with Crippen molar-refractivity contribution in [3.05, 3.63) is 23.9 Å². The van der Waals surface area contributed by atoms with E-state index in [1.165, 1.54) is 6.20 Å². The van der Waals surface area contributed by atoms with Crippen molar-refractivity contribution in [2.24, 2.45) is 5.84 Å². The van der Waals surface area contributed by atoms with E-state index in [9.17, 15) is 13.2 Å². The number of pyridine rings is 1. The van der Waals surface area contributed by atoms with Gasteiger partial charge < -0.3 is 5.73 Å². The fourth-order valence-corrected chi connectivity index (χ4v) is 1.36. The second kappa shape index (κ2) is 5.13. The first kappa shape index (κ1) is 12.7. The van der Waals surface area contributed by atoms with Crippen LogP contribution in [0.4, 0.5) is 19.0 Å². The molecule has 0 aliphatic heterocycles. The zero-order valence-corrected chi connectivity index (χ0v) is 8.46. The number of alkyl halides is 3. The molecule has 0 aliphatic carbocycles. The Kier molecular flexibility index (Phi) is 4.08. The van der Waals surface area contributed by atoms with Gasteiger partial charge in [-0.25, -0.2) is 4.98 Å². The average molecular weight is 234 g/mol. The Hall–Kier alpha value is -1.34. The molecule has 0 spiro atoms. The molecule has 0 bridgehead atoms. The number of anilines is 1. The van der Waals surface area contributed by atoms with Gasteiger partial charge >= 0.3 is 6.18 Å². The quantitative estimate of drug-likeness (QED) is 0.536. The Balaban J connectivity index is 2.67. The van der Waals surface area contributed by atoms with E-state index in [0.717, 1.165) is 0 Å².